The summed E-state index contributed by atoms with van der Waals surface area (Å²) in [5.41, 5.74) is -1.11. The van der Waals surface area contributed by atoms with E-state index >= 15 is 0 Å². The Morgan fingerprint density at radius 1 is 1.79 bits per heavy atom. The Balaban J connectivity index is 2.94. The molecule has 0 unspecified atom stereocenters. The van der Waals surface area contributed by atoms with E-state index in [1.165, 1.54) is 25.0 Å². The highest BCUT2D eigenvalue weighted by Gasteiger charge is 2.22. The highest BCUT2D eigenvalue weighted by atomic mass is 35.5. The van der Waals surface area contributed by atoms with Crippen LogP contribution in [0.25, 0.3) is 0 Å². The summed E-state index contributed by atoms with van der Waals surface area (Å²) in [5, 5.41) is 19.7. The molecule has 0 amide bonds. The van der Waals surface area contributed by atoms with Gasteiger partial charge in [-0.3, -0.25) is 4.57 Å². The van der Waals surface area contributed by atoms with Crippen LogP contribution in [-0.4, -0.2) is 25.2 Å². The first kappa shape index (κ1) is 10.9. The highest BCUT2D eigenvalue weighted by Crippen LogP contribution is 2.19. The van der Waals surface area contributed by atoms with Crippen LogP contribution in [0, 0.1) is 16.7 Å². The molecule has 1 radical (unpaired) electrons. The molecule has 6 nitrogen and oxygen atoms in total. The van der Waals surface area contributed by atoms with Crippen molar-refractivity contribution in [3.05, 3.63) is 28.1 Å². The second-order valence-electron chi connectivity index (χ2n) is 3.32. The zero-order chi connectivity index (χ0) is 10.9. The van der Waals surface area contributed by atoms with Gasteiger partial charge in [0.2, 0.25) is 0 Å². The van der Waals surface area contributed by atoms with Crippen LogP contribution in [0.3, 0.4) is 0 Å². The molecule has 1 aromatic heterocycles. The summed E-state index contributed by atoms with van der Waals surface area (Å²) in [6, 6.07) is 0. The molecule has 77 valence electrons. The van der Waals surface area contributed by atoms with Crippen LogP contribution in [0.4, 0.5) is 5.82 Å². The summed E-state index contributed by atoms with van der Waals surface area (Å²) in [6.45, 7) is 4.37. The van der Waals surface area contributed by atoms with Crippen LogP contribution in [0.15, 0.2) is 6.20 Å². The minimum atomic E-state index is -1.11. The van der Waals surface area contributed by atoms with Crippen LogP contribution < -0.4 is 0 Å². The Morgan fingerprint density at radius 2 is 2.36 bits per heavy atom. The van der Waals surface area contributed by atoms with Crippen molar-refractivity contribution in [3.8, 4) is 0 Å². The molecule has 7 heteroatoms. The predicted octanol–water partition coefficient (Wildman–Crippen LogP) is 1.23. The Bertz CT molecular complexity index is 356. The van der Waals surface area contributed by atoms with Crippen molar-refractivity contribution in [1.82, 2.24) is 9.55 Å². The maximum Gasteiger partial charge on any atom is 0.383 e. The maximum absolute atomic E-state index is 10.3. The fourth-order valence-electron chi connectivity index (χ4n) is 0.878. The number of rotatable bonds is 3. The summed E-state index contributed by atoms with van der Waals surface area (Å²) in [7, 11) is 0. The molecule has 1 N–H and O–H groups in total. The van der Waals surface area contributed by atoms with Crippen LogP contribution in [-0.2, 0) is 0 Å². The lowest BCUT2D eigenvalue weighted by molar-refractivity contribution is -0.389. The maximum atomic E-state index is 10.3. The second kappa shape index (κ2) is 3.55. The number of hydrogen-bond donors (Lipinski definition) is 1. The number of hydrogen-bond acceptors (Lipinski definition) is 4. The van der Waals surface area contributed by atoms with Gasteiger partial charge in [-0.15, -0.1) is 0 Å². The Morgan fingerprint density at radius 3 is 2.71 bits per heavy atom. The number of aromatic nitrogens is 2. The molecular weight excluding hydrogens is 210 g/mol. The van der Waals surface area contributed by atoms with Gasteiger partial charge in [-0.2, -0.15) is 0 Å². The summed E-state index contributed by atoms with van der Waals surface area (Å²) < 4.78 is 1.21. The largest absolute Gasteiger partial charge is 0.388 e. The van der Waals surface area contributed by atoms with Crippen molar-refractivity contribution < 1.29 is 10.0 Å². The first-order chi connectivity index (χ1) is 6.29. The van der Waals surface area contributed by atoms with Crippen molar-refractivity contribution in [2.45, 2.75) is 19.4 Å². The third kappa shape index (κ3) is 2.68. The van der Waals surface area contributed by atoms with E-state index in [9.17, 15) is 15.2 Å². The van der Waals surface area contributed by atoms with Crippen molar-refractivity contribution in [2.75, 3.05) is 0 Å². The SMILES string of the molecule is CC(C)(O)[CH]n1cc([N+](=O)[O-])nc1Cl. The molecule has 0 bridgehead atoms. The molecule has 14 heavy (non-hydrogen) atoms. The molecule has 0 spiro atoms. The van der Waals surface area contributed by atoms with E-state index < -0.39 is 10.5 Å². The lowest BCUT2D eigenvalue weighted by Crippen LogP contribution is -2.23. The second-order valence-corrected chi connectivity index (χ2v) is 3.65. The van der Waals surface area contributed by atoms with Crippen LogP contribution in [0.2, 0.25) is 5.28 Å². The Hall–Kier alpha value is -1.14. The molecule has 0 aliphatic rings. The molecule has 0 atom stereocenters. The smallest absolute Gasteiger partial charge is 0.383 e. The molecule has 1 rings (SSSR count). The molecule has 0 fully saturated rings. The van der Waals surface area contributed by atoms with Gasteiger partial charge in [0.05, 0.1) is 12.1 Å². The fraction of sp³-hybridized carbons (Fsp3) is 0.429. The number of nitro groups is 1. The van der Waals surface area contributed by atoms with E-state index in [1.54, 1.807) is 0 Å². The Labute approximate surface area is 85.3 Å². The van der Waals surface area contributed by atoms with E-state index in [0.717, 1.165) is 6.20 Å². The van der Waals surface area contributed by atoms with Crippen molar-refractivity contribution in [2.24, 2.45) is 0 Å². The van der Waals surface area contributed by atoms with Gasteiger partial charge in [0, 0.05) is 0 Å². The van der Waals surface area contributed by atoms with E-state index in [-0.39, 0.29) is 11.1 Å². The summed E-state index contributed by atoms with van der Waals surface area (Å²) >= 11 is 5.60. The minimum Gasteiger partial charge on any atom is -0.388 e. The van der Waals surface area contributed by atoms with E-state index in [2.05, 4.69) is 4.98 Å². The number of imidazole rings is 1. The molecule has 0 saturated carbocycles. The van der Waals surface area contributed by atoms with Gasteiger partial charge in [-0.25, -0.2) is 0 Å². The molecule has 0 aliphatic heterocycles. The van der Waals surface area contributed by atoms with Crippen molar-refractivity contribution in [3.63, 3.8) is 0 Å². The van der Waals surface area contributed by atoms with Gasteiger partial charge in [0.15, 0.2) is 0 Å². The van der Waals surface area contributed by atoms with Crippen molar-refractivity contribution in [1.29, 1.82) is 0 Å². The number of aliphatic hydroxyl groups is 1. The zero-order valence-corrected chi connectivity index (χ0v) is 8.39. The molecule has 0 aromatic carbocycles. The molecule has 1 aromatic rings. The lowest BCUT2D eigenvalue weighted by atomic mass is 10.1. The van der Waals surface area contributed by atoms with Gasteiger partial charge in [0.1, 0.15) is 6.20 Å². The van der Waals surface area contributed by atoms with E-state index in [1.807, 2.05) is 0 Å². The third-order valence-corrected chi connectivity index (χ3v) is 1.60. The van der Waals surface area contributed by atoms with Crippen LogP contribution >= 0.6 is 11.6 Å². The molecule has 1 heterocycles. The molecule has 0 aliphatic carbocycles. The van der Waals surface area contributed by atoms with Gasteiger partial charge in [-0.1, -0.05) is 0 Å². The van der Waals surface area contributed by atoms with Crippen LogP contribution in [0.1, 0.15) is 13.8 Å². The van der Waals surface area contributed by atoms with E-state index in [0.29, 0.717) is 0 Å². The first-order valence-corrected chi connectivity index (χ1v) is 4.14. The average molecular weight is 219 g/mol. The minimum absolute atomic E-state index is 0.0566. The summed E-state index contributed by atoms with van der Waals surface area (Å²) in [6.07, 6.45) is 1.14. The average Bonchev–Trinajstić information content (AvgIpc) is 2.29. The van der Waals surface area contributed by atoms with Gasteiger partial charge < -0.3 is 15.2 Å². The molecule has 0 saturated heterocycles. The van der Waals surface area contributed by atoms with Crippen molar-refractivity contribution >= 4 is 17.4 Å². The lowest BCUT2D eigenvalue weighted by Gasteiger charge is -2.15. The normalized spacial score (nSPS) is 11.7. The van der Waals surface area contributed by atoms with Gasteiger partial charge in [-0.05, 0) is 35.4 Å². The zero-order valence-electron chi connectivity index (χ0n) is 7.64. The standard InChI is InChI=1S/C7H9ClN3O3/c1-7(2,12)4-10-3-5(11(13)14)9-6(10)8/h3-4,12H,1-2H3. The van der Waals surface area contributed by atoms with Gasteiger partial charge in [0.25, 0.3) is 0 Å². The monoisotopic (exact) mass is 218 g/mol. The summed E-state index contributed by atoms with van der Waals surface area (Å²) in [4.78, 5) is 13.2. The highest BCUT2D eigenvalue weighted by molar-refractivity contribution is 6.28. The van der Waals surface area contributed by atoms with Crippen LogP contribution in [0.5, 0.6) is 0 Å². The quantitative estimate of drug-likeness (QED) is 0.611. The number of halogens is 1. The summed E-state index contributed by atoms with van der Waals surface area (Å²) in [5.74, 6) is -0.351. The number of nitrogens with zero attached hydrogens (tertiary/aromatic N) is 3. The van der Waals surface area contributed by atoms with Gasteiger partial charge >= 0.3 is 11.1 Å². The predicted molar refractivity (Wildman–Crippen MR) is 49.9 cm³/mol. The topological polar surface area (TPSA) is 81.2 Å². The first-order valence-electron chi connectivity index (χ1n) is 3.77. The fourth-order valence-corrected chi connectivity index (χ4v) is 1.06. The molecular formula is C7H9ClN3O3. The third-order valence-electron chi connectivity index (χ3n) is 1.32. The Kier molecular flexibility index (Phi) is 2.77. The van der Waals surface area contributed by atoms with E-state index in [4.69, 9.17) is 11.6 Å².